The van der Waals surface area contributed by atoms with Crippen molar-refractivity contribution >= 4 is 5.78 Å². The van der Waals surface area contributed by atoms with E-state index in [1.807, 2.05) is 24.3 Å². The number of fused-ring (bicyclic) bond motifs is 1. The lowest BCUT2D eigenvalue weighted by molar-refractivity contribution is 0.104. The first kappa shape index (κ1) is 11.3. The van der Waals surface area contributed by atoms with Crippen molar-refractivity contribution in [1.82, 2.24) is 4.90 Å². The van der Waals surface area contributed by atoms with E-state index in [0.29, 0.717) is 17.9 Å². The largest absolute Gasteiger partial charge is 0.487 e. The first-order valence-corrected chi connectivity index (χ1v) is 6.56. The zero-order valence-electron chi connectivity index (χ0n) is 10.4. The van der Waals surface area contributed by atoms with E-state index in [4.69, 9.17) is 4.74 Å². The van der Waals surface area contributed by atoms with Gasteiger partial charge in [0, 0.05) is 19.2 Å². The summed E-state index contributed by atoms with van der Waals surface area (Å²) < 4.78 is 5.75. The quantitative estimate of drug-likeness (QED) is 0.759. The third-order valence-electron chi connectivity index (χ3n) is 3.59. The van der Waals surface area contributed by atoms with Gasteiger partial charge in [0.05, 0.1) is 11.3 Å². The molecule has 2 aliphatic rings. The Kier molecular flexibility index (Phi) is 3.05. The molecule has 0 radical (unpaired) electrons. The van der Waals surface area contributed by atoms with Crippen molar-refractivity contribution in [3.63, 3.8) is 0 Å². The Labute approximate surface area is 107 Å². The van der Waals surface area contributed by atoms with Crippen LogP contribution in [0.2, 0.25) is 0 Å². The maximum atomic E-state index is 12.2. The maximum absolute atomic E-state index is 12.2. The number of ketones is 1. The van der Waals surface area contributed by atoms with Crippen LogP contribution in [0.25, 0.3) is 0 Å². The molecule has 0 spiro atoms. The third kappa shape index (κ3) is 2.13. The molecular formula is C15H17NO2. The maximum Gasteiger partial charge on any atom is 0.191 e. The Hall–Kier alpha value is -1.77. The average molecular weight is 243 g/mol. The monoisotopic (exact) mass is 243 g/mol. The summed E-state index contributed by atoms with van der Waals surface area (Å²) in [6, 6.07) is 7.46. The number of allylic oxidation sites excluding steroid dienone is 1. The molecule has 18 heavy (non-hydrogen) atoms. The van der Waals surface area contributed by atoms with Crippen LogP contribution in [-0.4, -0.2) is 30.4 Å². The molecule has 0 unspecified atom stereocenters. The summed E-state index contributed by atoms with van der Waals surface area (Å²) >= 11 is 0. The lowest BCUT2D eigenvalue weighted by Gasteiger charge is -2.30. The first-order valence-electron chi connectivity index (χ1n) is 6.56. The zero-order valence-corrected chi connectivity index (χ0v) is 10.4. The van der Waals surface area contributed by atoms with Gasteiger partial charge in [-0.3, -0.25) is 4.79 Å². The molecule has 0 saturated carbocycles. The first-order chi connectivity index (χ1) is 8.84. The molecule has 2 heterocycles. The predicted molar refractivity (Wildman–Crippen MR) is 69.8 cm³/mol. The second-order valence-corrected chi connectivity index (χ2v) is 4.83. The van der Waals surface area contributed by atoms with E-state index in [-0.39, 0.29) is 5.78 Å². The molecular weight excluding hydrogens is 226 g/mol. The average Bonchev–Trinajstić information content (AvgIpc) is 2.60. The number of carbonyl (C=O) groups is 1. The molecule has 1 aromatic rings. The lowest BCUT2D eigenvalue weighted by Crippen LogP contribution is -2.31. The molecule has 2 aliphatic heterocycles. The van der Waals surface area contributed by atoms with Crippen molar-refractivity contribution in [2.24, 2.45) is 0 Å². The summed E-state index contributed by atoms with van der Waals surface area (Å²) in [7, 11) is 0. The van der Waals surface area contributed by atoms with Gasteiger partial charge in [-0.15, -0.1) is 0 Å². The Morgan fingerprint density at radius 1 is 1.06 bits per heavy atom. The van der Waals surface area contributed by atoms with Crippen LogP contribution in [0.1, 0.15) is 29.6 Å². The molecule has 0 N–H and O–H groups in total. The Morgan fingerprint density at radius 2 is 1.83 bits per heavy atom. The standard InChI is InChI=1S/C15H17NO2/c17-14-10-12(16-8-4-1-5-9-16)11-18-15-7-3-2-6-13(14)15/h2-3,6-7,10H,1,4-5,8-9,11H2. The van der Waals surface area contributed by atoms with E-state index in [9.17, 15) is 4.79 Å². The summed E-state index contributed by atoms with van der Waals surface area (Å²) in [6.45, 7) is 2.58. The van der Waals surface area contributed by atoms with Crippen LogP contribution in [0.4, 0.5) is 0 Å². The summed E-state index contributed by atoms with van der Waals surface area (Å²) in [4.78, 5) is 14.5. The fraction of sp³-hybridized carbons (Fsp3) is 0.400. The van der Waals surface area contributed by atoms with Crippen LogP contribution >= 0.6 is 0 Å². The van der Waals surface area contributed by atoms with Crippen LogP contribution < -0.4 is 4.74 Å². The number of nitrogens with zero attached hydrogens (tertiary/aromatic N) is 1. The van der Waals surface area contributed by atoms with E-state index < -0.39 is 0 Å². The van der Waals surface area contributed by atoms with E-state index in [0.717, 1.165) is 18.8 Å². The van der Waals surface area contributed by atoms with Gasteiger partial charge in [0.25, 0.3) is 0 Å². The summed E-state index contributed by atoms with van der Waals surface area (Å²) in [5.41, 5.74) is 1.69. The Balaban J connectivity index is 1.86. The number of hydrogen-bond acceptors (Lipinski definition) is 3. The van der Waals surface area contributed by atoms with Crippen molar-refractivity contribution in [2.75, 3.05) is 19.7 Å². The summed E-state index contributed by atoms with van der Waals surface area (Å²) in [5, 5.41) is 0. The number of likely N-dealkylation sites (tertiary alicyclic amines) is 1. The van der Waals surface area contributed by atoms with Gasteiger partial charge in [-0.1, -0.05) is 12.1 Å². The summed E-state index contributed by atoms with van der Waals surface area (Å²) in [5.74, 6) is 0.759. The van der Waals surface area contributed by atoms with Gasteiger partial charge < -0.3 is 9.64 Å². The highest BCUT2D eigenvalue weighted by atomic mass is 16.5. The Morgan fingerprint density at radius 3 is 2.67 bits per heavy atom. The number of rotatable bonds is 1. The van der Waals surface area contributed by atoms with Crippen LogP contribution in [0.3, 0.4) is 0 Å². The van der Waals surface area contributed by atoms with E-state index in [1.54, 1.807) is 6.08 Å². The number of carbonyl (C=O) groups excluding carboxylic acids is 1. The van der Waals surface area contributed by atoms with Gasteiger partial charge in [-0.25, -0.2) is 0 Å². The number of piperidine rings is 1. The molecule has 0 aliphatic carbocycles. The molecule has 3 nitrogen and oxygen atoms in total. The topological polar surface area (TPSA) is 29.5 Å². The number of para-hydroxylation sites is 1. The van der Waals surface area contributed by atoms with E-state index in [2.05, 4.69) is 4.90 Å². The molecule has 3 rings (SSSR count). The minimum Gasteiger partial charge on any atom is -0.487 e. The number of hydrogen-bond donors (Lipinski definition) is 0. The van der Waals surface area contributed by atoms with E-state index >= 15 is 0 Å². The lowest BCUT2D eigenvalue weighted by atomic mass is 10.1. The van der Waals surface area contributed by atoms with Crippen molar-refractivity contribution in [2.45, 2.75) is 19.3 Å². The van der Waals surface area contributed by atoms with Crippen LogP contribution in [0.5, 0.6) is 5.75 Å². The van der Waals surface area contributed by atoms with Crippen molar-refractivity contribution in [3.8, 4) is 5.75 Å². The highest BCUT2D eigenvalue weighted by Gasteiger charge is 2.20. The van der Waals surface area contributed by atoms with Gasteiger partial charge in [0.2, 0.25) is 0 Å². The van der Waals surface area contributed by atoms with Crippen molar-refractivity contribution < 1.29 is 9.53 Å². The molecule has 94 valence electrons. The van der Waals surface area contributed by atoms with Gasteiger partial charge in [0.15, 0.2) is 5.78 Å². The second-order valence-electron chi connectivity index (χ2n) is 4.83. The summed E-state index contributed by atoms with van der Waals surface area (Å²) in [6.07, 6.45) is 5.45. The van der Waals surface area contributed by atoms with Crippen molar-refractivity contribution in [3.05, 3.63) is 41.6 Å². The van der Waals surface area contributed by atoms with Crippen LogP contribution in [-0.2, 0) is 0 Å². The Bertz CT molecular complexity index is 487. The van der Waals surface area contributed by atoms with Gasteiger partial charge in [-0.05, 0) is 31.4 Å². The molecule has 1 saturated heterocycles. The SMILES string of the molecule is O=C1C=C(N2CCCCC2)COc2ccccc21. The second kappa shape index (κ2) is 4.84. The fourth-order valence-electron chi connectivity index (χ4n) is 2.58. The highest BCUT2D eigenvalue weighted by Crippen LogP contribution is 2.25. The van der Waals surface area contributed by atoms with Crippen LogP contribution in [0.15, 0.2) is 36.0 Å². The molecule has 3 heteroatoms. The molecule has 1 fully saturated rings. The van der Waals surface area contributed by atoms with Crippen LogP contribution in [0, 0.1) is 0 Å². The number of ether oxygens (including phenoxy) is 1. The predicted octanol–water partition coefficient (Wildman–Crippen LogP) is 2.63. The van der Waals surface area contributed by atoms with Gasteiger partial charge in [-0.2, -0.15) is 0 Å². The molecule has 0 aromatic heterocycles. The minimum atomic E-state index is 0.0590. The third-order valence-corrected chi connectivity index (χ3v) is 3.59. The van der Waals surface area contributed by atoms with Gasteiger partial charge in [0.1, 0.15) is 12.4 Å². The molecule has 0 amide bonds. The fourth-order valence-corrected chi connectivity index (χ4v) is 2.58. The molecule has 0 bridgehead atoms. The normalized spacial score (nSPS) is 19.7. The zero-order chi connectivity index (χ0) is 12.4. The molecule has 0 atom stereocenters. The van der Waals surface area contributed by atoms with E-state index in [1.165, 1.54) is 19.3 Å². The van der Waals surface area contributed by atoms with Gasteiger partial charge >= 0.3 is 0 Å². The smallest absolute Gasteiger partial charge is 0.191 e. The van der Waals surface area contributed by atoms with Crippen molar-refractivity contribution in [1.29, 1.82) is 0 Å². The minimum absolute atomic E-state index is 0.0590. The molecule has 1 aromatic carbocycles. The highest BCUT2D eigenvalue weighted by molar-refractivity contribution is 6.07. The number of benzene rings is 1.